The van der Waals surface area contributed by atoms with Crippen molar-refractivity contribution in [2.24, 2.45) is 0 Å². The maximum atomic E-state index is 13.1. The number of rotatable bonds is 7. The van der Waals surface area contributed by atoms with Gasteiger partial charge in [0.25, 0.3) is 0 Å². The first-order chi connectivity index (χ1) is 13.5. The summed E-state index contributed by atoms with van der Waals surface area (Å²) in [6, 6.07) is 15.0. The topological polar surface area (TPSA) is 84.9 Å². The van der Waals surface area contributed by atoms with Crippen molar-refractivity contribution < 1.29 is 22.7 Å². The molecule has 0 amide bonds. The summed E-state index contributed by atoms with van der Waals surface area (Å²) in [4.78, 5) is 14.1. The van der Waals surface area contributed by atoms with Crippen LogP contribution in [0.4, 0.5) is 0 Å². The number of carbonyl (C=O) groups is 1. The van der Waals surface area contributed by atoms with Gasteiger partial charge in [-0.3, -0.25) is 4.90 Å². The zero-order chi connectivity index (χ0) is 20.0. The number of esters is 1. The maximum absolute atomic E-state index is 13.1. The van der Waals surface area contributed by atoms with E-state index in [1.54, 1.807) is 12.1 Å². The van der Waals surface area contributed by atoms with Gasteiger partial charge in [0.05, 0.1) is 36.8 Å². The van der Waals surface area contributed by atoms with E-state index >= 15 is 0 Å². The van der Waals surface area contributed by atoms with Crippen LogP contribution in [-0.4, -0.2) is 59.2 Å². The second-order valence-corrected chi connectivity index (χ2v) is 8.17. The van der Waals surface area contributed by atoms with E-state index in [-0.39, 0.29) is 10.5 Å². The number of hydrogen-bond donors (Lipinski definition) is 1. The Kier molecular flexibility index (Phi) is 6.79. The van der Waals surface area contributed by atoms with Gasteiger partial charge in [-0.15, -0.1) is 0 Å². The van der Waals surface area contributed by atoms with Gasteiger partial charge in [0.15, 0.2) is 0 Å². The van der Waals surface area contributed by atoms with Gasteiger partial charge in [0.2, 0.25) is 10.0 Å². The highest BCUT2D eigenvalue weighted by Gasteiger charge is 2.27. The fourth-order valence-electron chi connectivity index (χ4n) is 3.17. The largest absolute Gasteiger partial charge is 0.465 e. The van der Waals surface area contributed by atoms with Gasteiger partial charge in [0.1, 0.15) is 0 Å². The quantitative estimate of drug-likeness (QED) is 0.709. The van der Waals surface area contributed by atoms with Crippen LogP contribution in [0.15, 0.2) is 59.5 Å². The molecular weight excluding hydrogens is 380 g/mol. The molecular formula is C20H24N2O5S. The molecule has 1 saturated heterocycles. The van der Waals surface area contributed by atoms with Crippen molar-refractivity contribution in [3.63, 3.8) is 0 Å². The molecule has 2 aromatic carbocycles. The number of morpholine rings is 1. The van der Waals surface area contributed by atoms with E-state index in [0.717, 1.165) is 18.7 Å². The van der Waals surface area contributed by atoms with Crippen molar-refractivity contribution in [1.29, 1.82) is 0 Å². The Morgan fingerprint density at radius 1 is 1.11 bits per heavy atom. The molecule has 0 aromatic heterocycles. The summed E-state index contributed by atoms with van der Waals surface area (Å²) in [7, 11) is -2.73. The Bertz CT molecular complexity index is 896. The van der Waals surface area contributed by atoms with Crippen LogP contribution in [0.1, 0.15) is 22.0 Å². The average molecular weight is 404 g/mol. The van der Waals surface area contributed by atoms with E-state index in [0.29, 0.717) is 19.8 Å². The van der Waals surface area contributed by atoms with Gasteiger partial charge in [-0.05, 0) is 17.7 Å². The molecule has 2 aromatic rings. The summed E-state index contributed by atoms with van der Waals surface area (Å²) in [6.07, 6.45) is 0. The molecule has 1 atom stereocenters. The Morgan fingerprint density at radius 3 is 2.43 bits per heavy atom. The minimum Gasteiger partial charge on any atom is -0.465 e. The predicted molar refractivity (Wildman–Crippen MR) is 105 cm³/mol. The third-order valence-electron chi connectivity index (χ3n) is 4.63. The molecule has 1 heterocycles. The maximum Gasteiger partial charge on any atom is 0.339 e. The summed E-state index contributed by atoms with van der Waals surface area (Å²) in [5.74, 6) is -0.689. The second-order valence-electron chi connectivity index (χ2n) is 6.49. The Labute approximate surface area is 165 Å². The summed E-state index contributed by atoms with van der Waals surface area (Å²) in [5, 5.41) is 0. The molecule has 1 aliphatic heterocycles. The number of sulfonamides is 1. The molecule has 0 saturated carbocycles. The molecule has 0 aliphatic carbocycles. The summed E-state index contributed by atoms with van der Waals surface area (Å²) >= 11 is 0. The summed E-state index contributed by atoms with van der Waals surface area (Å²) < 4.78 is 39.2. The Balaban J connectivity index is 1.90. The number of nitrogens with zero attached hydrogens (tertiary/aromatic N) is 1. The minimum atomic E-state index is -3.95. The van der Waals surface area contributed by atoms with Crippen molar-refractivity contribution in [2.45, 2.75) is 10.9 Å². The Hall–Kier alpha value is -2.26. The molecule has 0 radical (unpaired) electrons. The van der Waals surface area contributed by atoms with E-state index in [4.69, 9.17) is 9.47 Å². The molecule has 1 aliphatic rings. The van der Waals surface area contributed by atoms with Crippen molar-refractivity contribution in [2.75, 3.05) is 40.0 Å². The molecule has 1 N–H and O–H groups in total. The second kappa shape index (κ2) is 9.29. The molecule has 0 bridgehead atoms. The molecule has 0 spiro atoms. The highest BCUT2D eigenvalue weighted by atomic mass is 32.2. The lowest BCUT2D eigenvalue weighted by atomic mass is 10.1. The van der Waals surface area contributed by atoms with Gasteiger partial charge in [-0.25, -0.2) is 17.9 Å². The van der Waals surface area contributed by atoms with Crippen molar-refractivity contribution in [3.05, 3.63) is 65.7 Å². The van der Waals surface area contributed by atoms with E-state index < -0.39 is 22.0 Å². The van der Waals surface area contributed by atoms with E-state index in [2.05, 4.69) is 9.62 Å². The first-order valence-electron chi connectivity index (χ1n) is 9.06. The number of benzene rings is 2. The highest BCUT2D eigenvalue weighted by molar-refractivity contribution is 7.89. The third kappa shape index (κ3) is 4.96. The summed E-state index contributed by atoms with van der Waals surface area (Å²) in [6.45, 7) is 3.24. The third-order valence-corrected chi connectivity index (χ3v) is 6.16. The molecule has 3 rings (SSSR count). The van der Waals surface area contributed by atoms with E-state index in [1.165, 1.54) is 19.2 Å². The van der Waals surface area contributed by atoms with Crippen LogP contribution in [-0.2, 0) is 19.5 Å². The smallest absolute Gasteiger partial charge is 0.339 e. The normalized spacial score (nSPS) is 16.5. The van der Waals surface area contributed by atoms with Crippen LogP contribution in [0.25, 0.3) is 0 Å². The monoisotopic (exact) mass is 404 g/mol. The van der Waals surface area contributed by atoms with Crippen LogP contribution >= 0.6 is 0 Å². The molecule has 8 heteroatoms. The lowest BCUT2D eigenvalue weighted by molar-refractivity contribution is 0.0345. The van der Waals surface area contributed by atoms with Crippen LogP contribution in [0.2, 0.25) is 0 Å². The molecule has 28 heavy (non-hydrogen) atoms. The van der Waals surface area contributed by atoms with Gasteiger partial charge in [-0.2, -0.15) is 0 Å². The lowest BCUT2D eigenvalue weighted by Gasteiger charge is -2.31. The van der Waals surface area contributed by atoms with E-state index in [9.17, 15) is 13.2 Å². The van der Waals surface area contributed by atoms with Crippen molar-refractivity contribution in [3.8, 4) is 0 Å². The van der Waals surface area contributed by atoms with Gasteiger partial charge < -0.3 is 9.47 Å². The fourth-order valence-corrected chi connectivity index (χ4v) is 4.58. The minimum absolute atomic E-state index is 0.00989. The first kappa shape index (κ1) is 20.5. The fraction of sp³-hybridized carbons (Fsp3) is 0.350. The zero-order valence-electron chi connectivity index (χ0n) is 15.7. The first-order valence-corrected chi connectivity index (χ1v) is 10.5. The standard InChI is InChI=1S/C20H24N2O5S/c1-26-20(23)17-9-5-6-10-19(17)28(24,25)21-18(16-7-3-2-4-8-16)15-22-11-13-27-14-12-22/h2-10,18,21H,11-15H2,1H3/t18-/m1/s1. The SMILES string of the molecule is COC(=O)c1ccccc1S(=O)(=O)N[C@H](CN1CCOCC1)c1ccccc1. The van der Waals surface area contributed by atoms with Gasteiger partial charge in [0, 0.05) is 19.6 Å². The molecule has 7 nitrogen and oxygen atoms in total. The van der Waals surface area contributed by atoms with E-state index in [1.807, 2.05) is 30.3 Å². The average Bonchev–Trinajstić information content (AvgIpc) is 2.74. The zero-order valence-corrected chi connectivity index (χ0v) is 16.5. The van der Waals surface area contributed by atoms with Crippen LogP contribution in [0.3, 0.4) is 0 Å². The van der Waals surface area contributed by atoms with Crippen molar-refractivity contribution in [1.82, 2.24) is 9.62 Å². The van der Waals surface area contributed by atoms with Crippen LogP contribution < -0.4 is 4.72 Å². The predicted octanol–water partition coefficient (Wildman–Crippen LogP) is 1.82. The van der Waals surface area contributed by atoms with Gasteiger partial charge >= 0.3 is 5.97 Å². The number of hydrogen-bond acceptors (Lipinski definition) is 6. The Morgan fingerprint density at radius 2 is 1.75 bits per heavy atom. The van der Waals surface area contributed by atoms with Crippen LogP contribution in [0, 0.1) is 0 Å². The number of ether oxygens (including phenoxy) is 2. The van der Waals surface area contributed by atoms with Gasteiger partial charge in [-0.1, -0.05) is 42.5 Å². The van der Waals surface area contributed by atoms with Crippen LogP contribution in [0.5, 0.6) is 0 Å². The summed E-state index contributed by atoms with van der Waals surface area (Å²) in [5.41, 5.74) is 0.865. The number of carbonyl (C=O) groups excluding carboxylic acids is 1. The molecule has 0 unspecified atom stereocenters. The molecule has 1 fully saturated rings. The number of methoxy groups -OCH3 is 1. The molecule has 150 valence electrons. The highest BCUT2D eigenvalue weighted by Crippen LogP contribution is 2.22. The number of nitrogens with one attached hydrogen (secondary N) is 1. The lowest BCUT2D eigenvalue weighted by Crippen LogP contribution is -2.43. The van der Waals surface area contributed by atoms with Crippen molar-refractivity contribution >= 4 is 16.0 Å².